The second kappa shape index (κ2) is 6.02. The fourth-order valence-corrected chi connectivity index (χ4v) is 2.82. The lowest BCUT2D eigenvalue weighted by Gasteiger charge is -2.42. The van der Waals surface area contributed by atoms with Crippen LogP contribution < -0.4 is 4.90 Å². The van der Waals surface area contributed by atoms with E-state index in [1.54, 1.807) is 28.3 Å². The highest BCUT2D eigenvalue weighted by molar-refractivity contribution is 5.95. The third kappa shape index (κ3) is 2.95. The molecule has 0 saturated carbocycles. The molecular weight excluding hydrogens is 286 g/mol. The maximum atomic E-state index is 12.2. The van der Waals surface area contributed by atoms with Crippen molar-refractivity contribution in [3.63, 3.8) is 0 Å². The molecule has 2 aliphatic rings. The first kappa shape index (κ1) is 14.9. The van der Waals surface area contributed by atoms with Gasteiger partial charge in [-0.1, -0.05) is 0 Å². The first-order valence-electron chi connectivity index (χ1n) is 7.27. The van der Waals surface area contributed by atoms with Crippen LogP contribution in [-0.4, -0.2) is 66.8 Å². The molecule has 2 fully saturated rings. The summed E-state index contributed by atoms with van der Waals surface area (Å²) in [5.41, 5.74) is 0.0418. The largest absolute Gasteiger partial charge is 0.376 e. The van der Waals surface area contributed by atoms with Crippen molar-refractivity contribution in [3.05, 3.63) is 24.5 Å². The number of nitrogens with zero attached hydrogens (tertiary/aromatic N) is 3. The van der Waals surface area contributed by atoms with E-state index in [1.807, 2.05) is 6.07 Å². The second-order valence-corrected chi connectivity index (χ2v) is 5.66. The number of aromatic nitrogens is 1. The van der Waals surface area contributed by atoms with Crippen LogP contribution in [0.5, 0.6) is 0 Å². The SMILES string of the molecule is CC(=O)N1CCOCC2(C1)CN(c1cccnc1)C(=O)CO2. The summed E-state index contributed by atoms with van der Waals surface area (Å²) in [4.78, 5) is 31.3. The van der Waals surface area contributed by atoms with E-state index in [9.17, 15) is 9.59 Å². The van der Waals surface area contributed by atoms with Gasteiger partial charge < -0.3 is 19.3 Å². The average Bonchev–Trinajstić information content (AvgIpc) is 2.74. The van der Waals surface area contributed by atoms with Crippen molar-refractivity contribution < 1.29 is 19.1 Å². The van der Waals surface area contributed by atoms with E-state index in [4.69, 9.17) is 9.47 Å². The molecule has 118 valence electrons. The standard InChI is InChI=1S/C15H19N3O4/c1-12(19)17-5-6-21-11-15(9-17)10-18(14(20)8-22-15)13-3-2-4-16-7-13/h2-4,7H,5-6,8-11H2,1H3. The molecule has 0 radical (unpaired) electrons. The molecule has 0 bridgehead atoms. The number of carbonyl (C=O) groups excluding carboxylic acids is 2. The Bertz CT molecular complexity index is 565. The maximum absolute atomic E-state index is 12.2. The molecule has 7 heteroatoms. The Kier molecular flexibility index (Phi) is 4.08. The zero-order valence-electron chi connectivity index (χ0n) is 12.5. The average molecular weight is 305 g/mol. The van der Waals surface area contributed by atoms with E-state index in [-0.39, 0.29) is 18.4 Å². The Hall–Kier alpha value is -1.99. The highest BCUT2D eigenvalue weighted by atomic mass is 16.6. The predicted molar refractivity (Wildman–Crippen MR) is 78.3 cm³/mol. The van der Waals surface area contributed by atoms with Crippen molar-refractivity contribution in [1.82, 2.24) is 9.88 Å². The minimum atomic E-state index is -0.689. The summed E-state index contributed by atoms with van der Waals surface area (Å²) >= 11 is 0. The van der Waals surface area contributed by atoms with Crippen LogP contribution in [0.15, 0.2) is 24.5 Å². The molecule has 0 aliphatic carbocycles. The molecule has 7 nitrogen and oxygen atoms in total. The smallest absolute Gasteiger partial charge is 0.253 e. The molecule has 2 aliphatic heterocycles. The summed E-state index contributed by atoms with van der Waals surface area (Å²) in [6, 6.07) is 3.63. The lowest BCUT2D eigenvalue weighted by molar-refractivity contribution is -0.149. The van der Waals surface area contributed by atoms with Gasteiger partial charge >= 0.3 is 0 Å². The molecular formula is C15H19N3O4. The zero-order valence-corrected chi connectivity index (χ0v) is 12.5. The molecule has 1 aromatic rings. The van der Waals surface area contributed by atoms with E-state index >= 15 is 0 Å². The Balaban J connectivity index is 1.84. The van der Waals surface area contributed by atoms with Crippen molar-refractivity contribution in [2.75, 3.05) is 44.4 Å². The normalized spacial score (nSPS) is 26.1. The van der Waals surface area contributed by atoms with Crippen LogP contribution >= 0.6 is 0 Å². The fourth-order valence-electron chi connectivity index (χ4n) is 2.82. The first-order chi connectivity index (χ1) is 10.6. The van der Waals surface area contributed by atoms with Crippen LogP contribution in [0.1, 0.15) is 6.92 Å². The number of hydrogen-bond donors (Lipinski definition) is 0. The third-order valence-corrected chi connectivity index (χ3v) is 4.00. The van der Waals surface area contributed by atoms with E-state index in [2.05, 4.69) is 4.98 Å². The lowest BCUT2D eigenvalue weighted by atomic mass is 10.0. The van der Waals surface area contributed by atoms with E-state index in [0.29, 0.717) is 32.8 Å². The van der Waals surface area contributed by atoms with Crippen LogP contribution in [-0.2, 0) is 19.1 Å². The molecule has 2 saturated heterocycles. The topological polar surface area (TPSA) is 72.0 Å². The van der Waals surface area contributed by atoms with Crippen LogP contribution in [0.3, 0.4) is 0 Å². The number of rotatable bonds is 1. The molecule has 1 atom stereocenters. The van der Waals surface area contributed by atoms with Gasteiger partial charge in [0.05, 0.1) is 38.2 Å². The number of hydrogen-bond acceptors (Lipinski definition) is 5. The summed E-state index contributed by atoms with van der Waals surface area (Å²) < 4.78 is 11.4. The minimum absolute atomic E-state index is 0.0155. The Labute approximate surface area is 128 Å². The Morgan fingerprint density at radius 1 is 1.41 bits per heavy atom. The Morgan fingerprint density at radius 2 is 2.27 bits per heavy atom. The van der Waals surface area contributed by atoms with Crippen LogP contribution in [0.4, 0.5) is 5.69 Å². The van der Waals surface area contributed by atoms with Crippen molar-refractivity contribution in [2.24, 2.45) is 0 Å². The van der Waals surface area contributed by atoms with Gasteiger partial charge in [0.25, 0.3) is 5.91 Å². The summed E-state index contributed by atoms with van der Waals surface area (Å²) in [5, 5.41) is 0. The highest BCUT2D eigenvalue weighted by Crippen LogP contribution is 2.26. The molecule has 0 N–H and O–H groups in total. The first-order valence-corrected chi connectivity index (χ1v) is 7.27. The van der Waals surface area contributed by atoms with E-state index < -0.39 is 5.60 Å². The molecule has 2 amide bonds. The molecule has 3 rings (SSSR count). The minimum Gasteiger partial charge on any atom is -0.376 e. The quantitative estimate of drug-likeness (QED) is 0.734. The van der Waals surface area contributed by atoms with E-state index in [1.165, 1.54) is 6.92 Å². The molecule has 3 heterocycles. The molecule has 0 aromatic carbocycles. The monoisotopic (exact) mass is 305 g/mol. The van der Waals surface area contributed by atoms with Crippen LogP contribution in [0.2, 0.25) is 0 Å². The molecule has 1 unspecified atom stereocenters. The van der Waals surface area contributed by atoms with Gasteiger partial charge in [0, 0.05) is 19.7 Å². The van der Waals surface area contributed by atoms with Crippen molar-refractivity contribution in [1.29, 1.82) is 0 Å². The van der Waals surface area contributed by atoms with Gasteiger partial charge in [-0.05, 0) is 12.1 Å². The number of pyridine rings is 1. The fraction of sp³-hybridized carbons (Fsp3) is 0.533. The number of morpholine rings is 1. The number of carbonyl (C=O) groups is 2. The summed E-state index contributed by atoms with van der Waals surface area (Å²) in [7, 11) is 0. The van der Waals surface area contributed by atoms with Gasteiger partial charge in [0.15, 0.2) is 0 Å². The van der Waals surface area contributed by atoms with Gasteiger partial charge in [-0.3, -0.25) is 14.6 Å². The van der Waals surface area contributed by atoms with Crippen LogP contribution in [0.25, 0.3) is 0 Å². The molecule has 1 spiro atoms. The maximum Gasteiger partial charge on any atom is 0.253 e. The number of ether oxygens (including phenoxy) is 2. The Morgan fingerprint density at radius 3 is 3.00 bits per heavy atom. The van der Waals surface area contributed by atoms with Crippen LogP contribution in [0, 0.1) is 0 Å². The number of anilines is 1. The van der Waals surface area contributed by atoms with E-state index in [0.717, 1.165) is 5.69 Å². The summed E-state index contributed by atoms with van der Waals surface area (Å²) in [6.45, 7) is 3.66. The lowest BCUT2D eigenvalue weighted by Crippen LogP contribution is -2.61. The summed E-state index contributed by atoms with van der Waals surface area (Å²) in [5.74, 6) is -0.129. The predicted octanol–water partition coefficient (Wildman–Crippen LogP) is 0.0623. The van der Waals surface area contributed by atoms with Gasteiger partial charge in [-0.15, -0.1) is 0 Å². The van der Waals surface area contributed by atoms with Gasteiger partial charge in [0.1, 0.15) is 12.2 Å². The van der Waals surface area contributed by atoms with Crippen molar-refractivity contribution in [3.8, 4) is 0 Å². The molecule has 22 heavy (non-hydrogen) atoms. The number of amides is 2. The van der Waals surface area contributed by atoms with Gasteiger partial charge in [-0.25, -0.2) is 0 Å². The van der Waals surface area contributed by atoms with Crippen molar-refractivity contribution in [2.45, 2.75) is 12.5 Å². The van der Waals surface area contributed by atoms with Crippen molar-refractivity contribution >= 4 is 17.5 Å². The zero-order chi connectivity index (χ0) is 15.6. The third-order valence-electron chi connectivity index (χ3n) is 4.00. The summed E-state index contributed by atoms with van der Waals surface area (Å²) in [6.07, 6.45) is 3.31. The molecule has 1 aromatic heterocycles. The van der Waals surface area contributed by atoms with Gasteiger partial charge in [-0.2, -0.15) is 0 Å². The second-order valence-electron chi connectivity index (χ2n) is 5.66. The van der Waals surface area contributed by atoms with Gasteiger partial charge in [0.2, 0.25) is 5.91 Å². The highest BCUT2D eigenvalue weighted by Gasteiger charge is 2.43.